The molecule has 0 bridgehead atoms. The van der Waals surface area contributed by atoms with E-state index in [4.69, 9.17) is 0 Å². The molecule has 3 heteroatoms. The van der Waals surface area contributed by atoms with E-state index in [1.54, 1.807) is 6.07 Å². The number of benzene rings is 1. The fourth-order valence-corrected chi connectivity index (χ4v) is 2.07. The maximum Gasteiger partial charge on any atom is 0.120 e. The van der Waals surface area contributed by atoms with E-state index in [1.165, 1.54) is 0 Å². The Morgan fingerprint density at radius 1 is 1.33 bits per heavy atom. The molecule has 1 aromatic rings. The number of aromatic hydroxyl groups is 1. The molecule has 0 spiro atoms. The van der Waals surface area contributed by atoms with E-state index in [-0.39, 0.29) is 11.6 Å². The molecule has 1 aliphatic heterocycles. The van der Waals surface area contributed by atoms with Crippen molar-refractivity contribution in [1.82, 2.24) is 10.6 Å². The summed E-state index contributed by atoms with van der Waals surface area (Å²) < 4.78 is 0. The quantitative estimate of drug-likeness (QED) is 0.651. The first kappa shape index (κ1) is 10.5. The summed E-state index contributed by atoms with van der Waals surface area (Å²) in [7, 11) is 0. The van der Waals surface area contributed by atoms with E-state index < -0.39 is 0 Å². The number of para-hydroxylation sites is 1. The molecule has 1 unspecified atom stereocenters. The summed E-state index contributed by atoms with van der Waals surface area (Å²) in [6.07, 6.45) is 0. The third-order valence-electron chi connectivity index (χ3n) is 2.79. The van der Waals surface area contributed by atoms with Crippen LogP contribution < -0.4 is 10.6 Å². The summed E-state index contributed by atoms with van der Waals surface area (Å²) in [6.45, 7) is 6.14. The van der Waals surface area contributed by atoms with Crippen molar-refractivity contribution in [2.24, 2.45) is 0 Å². The highest BCUT2D eigenvalue weighted by Gasteiger charge is 2.28. The Labute approximate surface area is 90.5 Å². The monoisotopic (exact) mass is 206 g/mol. The zero-order valence-corrected chi connectivity index (χ0v) is 9.25. The Morgan fingerprint density at radius 2 is 2.07 bits per heavy atom. The molecule has 1 fully saturated rings. The van der Waals surface area contributed by atoms with Gasteiger partial charge in [0, 0.05) is 30.2 Å². The third-order valence-corrected chi connectivity index (χ3v) is 2.79. The maximum absolute atomic E-state index is 9.77. The number of piperazine rings is 1. The first-order chi connectivity index (χ1) is 7.08. The van der Waals surface area contributed by atoms with E-state index >= 15 is 0 Å². The van der Waals surface area contributed by atoms with Crippen molar-refractivity contribution >= 4 is 0 Å². The lowest BCUT2D eigenvalue weighted by molar-refractivity contribution is 0.261. The van der Waals surface area contributed by atoms with Crippen molar-refractivity contribution in [3.05, 3.63) is 29.8 Å². The summed E-state index contributed by atoms with van der Waals surface area (Å²) in [6, 6.07) is 7.70. The number of hydrogen-bond donors (Lipinski definition) is 3. The van der Waals surface area contributed by atoms with Gasteiger partial charge in [-0.1, -0.05) is 18.2 Å². The van der Waals surface area contributed by atoms with Gasteiger partial charge in [-0.3, -0.25) is 0 Å². The van der Waals surface area contributed by atoms with E-state index in [9.17, 15) is 5.11 Å². The highest BCUT2D eigenvalue weighted by molar-refractivity contribution is 5.35. The number of rotatable bonds is 1. The minimum atomic E-state index is 0.0746. The molecular formula is C12H18N2O. The molecule has 2 rings (SSSR count). The molecule has 0 aliphatic carbocycles. The Morgan fingerprint density at radius 3 is 2.73 bits per heavy atom. The predicted octanol–water partition coefficient (Wildman–Crippen LogP) is 1.40. The molecule has 0 amide bonds. The van der Waals surface area contributed by atoms with Crippen LogP contribution in [0.25, 0.3) is 0 Å². The first-order valence-electron chi connectivity index (χ1n) is 5.35. The molecule has 1 aliphatic rings. The molecule has 82 valence electrons. The van der Waals surface area contributed by atoms with Crippen molar-refractivity contribution in [3.63, 3.8) is 0 Å². The van der Waals surface area contributed by atoms with Crippen molar-refractivity contribution in [2.75, 3.05) is 13.1 Å². The lowest BCUT2D eigenvalue weighted by Crippen LogP contribution is -2.56. The molecule has 3 nitrogen and oxygen atoms in total. The fraction of sp³-hybridized carbons (Fsp3) is 0.500. The standard InChI is InChI=1S/C12H18N2O/c1-12(2)8-13-7-10(14-12)9-5-3-4-6-11(9)15/h3-6,10,13-15H,7-8H2,1-2H3. The van der Waals surface area contributed by atoms with Gasteiger partial charge in [0.25, 0.3) is 0 Å². The molecular weight excluding hydrogens is 188 g/mol. The maximum atomic E-state index is 9.77. The second-order valence-electron chi connectivity index (χ2n) is 4.77. The van der Waals surface area contributed by atoms with Gasteiger partial charge in [-0.2, -0.15) is 0 Å². The average molecular weight is 206 g/mol. The smallest absolute Gasteiger partial charge is 0.120 e. The van der Waals surface area contributed by atoms with Gasteiger partial charge < -0.3 is 15.7 Å². The van der Waals surface area contributed by atoms with Crippen LogP contribution in [0.15, 0.2) is 24.3 Å². The van der Waals surface area contributed by atoms with Crippen LogP contribution in [0.5, 0.6) is 5.75 Å². The van der Waals surface area contributed by atoms with Gasteiger partial charge >= 0.3 is 0 Å². The van der Waals surface area contributed by atoms with E-state index in [0.717, 1.165) is 18.7 Å². The molecule has 0 radical (unpaired) electrons. The van der Waals surface area contributed by atoms with E-state index in [0.29, 0.717) is 5.75 Å². The number of phenolic OH excluding ortho intramolecular Hbond substituents is 1. The largest absolute Gasteiger partial charge is 0.508 e. The zero-order chi connectivity index (χ0) is 10.9. The van der Waals surface area contributed by atoms with E-state index in [1.807, 2.05) is 18.2 Å². The molecule has 1 aromatic carbocycles. The van der Waals surface area contributed by atoms with Gasteiger partial charge in [0.05, 0.1) is 0 Å². The van der Waals surface area contributed by atoms with Crippen LogP contribution in [-0.2, 0) is 0 Å². The summed E-state index contributed by atoms with van der Waals surface area (Å²) in [5, 5.41) is 16.7. The lowest BCUT2D eigenvalue weighted by atomic mass is 9.96. The number of phenols is 1. The summed E-state index contributed by atoms with van der Waals surface area (Å²) in [4.78, 5) is 0. The Kier molecular flexibility index (Phi) is 2.67. The van der Waals surface area contributed by atoms with Crippen molar-refractivity contribution in [1.29, 1.82) is 0 Å². The molecule has 1 saturated heterocycles. The topological polar surface area (TPSA) is 44.3 Å². The van der Waals surface area contributed by atoms with Crippen LogP contribution in [0.3, 0.4) is 0 Å². The second kappa shape index (κ2) is 3.83. The van der Waals surface area contributed by atoms with Crippen LogP contribution >= 0.6 is 0 Å². The SMILES string of the molecule is CC1(C)CNCC(c2ccccc2O)N1. The Bertz CT molecular complexity index is 349. The highest BCUT2D eigenvalue weighted by atomic mass is 16.3. The lowest BCUT2D eigenvalue weighted by Gasteiger charge is -2.38. The van der Waals surface area contributed by atoms with Crippen LogP contribution in [0.1, 0.15) is 25.5 Å². The van der Waals surface area contributed by atoms with Crippen LogP contribution in [0.2, 0.25) is 0 Å². The highest BCUT2D eigenvalue weighted by Crippen LogP contribution is 2.26. The molecule has 1 heterocycles. The van der Waals surface area contributed by atoms with E-state index in [2.05, 4.69) is 24.5 Å². The zero-order valence-electron chi connectivity index (χ0n) is 9.25. The summed E-state index contributed by atoms with van der Waals surface area (Å²) >= 11 is 0. The number of hydrogen-bond acceptors (Lipinski definition) is 3. The molecule has 0 aromatic heterocycles. The fourth-order valence-electron chi connectivity index (χ4n) is 2.07. The van der Waals surface area contributed by atoms with Gasteiger partial charge in [0.15, 0.2) is 0 Å². The predicted molar refractivity (Wildman–Crippen MR) is 60.9 cm³/mol. The molecule has 3 N–H and O–H groups in total. The minimum absolute atomic E-state index is 0.0746. The third kappa shape index (κ3) is 2.30. The Hall–Kier alpha value is -1.06. The van der Waals surface area contributed by atoms with Gasteiger partial charge in [-0.15, -0.1) is 0 Å². The molecule has 15 heavy (non-hydrogen) atoms. The number of nitrogens with one attached hydrogen (secondary N) is 2. The van der Waals surface area contributed by atoms with Gasteiger partial charge in [-0.25, -0.2) is 0 Å². The summed E-state index contributed by atoms with van der Waals surface area (Å²) in [5.41, 5.74) is 1.04. The van der Waals surface area contributed by atoms with Crippen molar-refractivity contribution in [2.45, 2.75) is 25.4 Å². The molecule has 0 saturated carbocycles. The van der Waals surface area contributed by atoms with Gasteiger partial charge in [-0.05, 0) is 19.9 Å². The first-order valence-corrected chi connectivity index (χ1v) is 5.35. The van der Waals surface area contributed by atoms with Crippen LogP contribution in [0.4, 0.5) is 0 Å². The Balaban J connectivity index is 2.21. The average Bonchev–Trinajstić information content (AvgIpc) is 2.17. The normalized spacial score (nSPS) is 25.1. The van der Waals surface area contributed by atoms with Crippen molar-refractivity contribution in [3.8, 4) is 5.75 Å². The van der Waals surface area contributed by atoms with Crippen molar-refractivity contribution < 1.29 is 5.11 Å². The second-order valence-corrected chi connectivity index (χ2v) is 4.77. The summed E-state index contributed by atoms with van der Waals surface area (Å²) in [5.74, 6) is 0.370. The minimum Gasteiger partial charge on any atom is -0.508 e. The van der Waals surface area contributed by atoms with Gasteiger partial charge in [0.1, 0.15) is 5.75 Å². The van der Waals surface area contributed by atoms with Gasteiger partial charge in [0.2, 0.25) is 0 Å². The van der Waals surface area contributed by atoms with Crippen LogP contribution in [0, 0.1) is 0 Å². The van der Waals surface area contributed by atoms with Crippen LogP contribution in [-0.4, -0.2) is 23.7 Å². The molecule has 1 atom stereocenters.